The third-order valence-electron chi connectivity index (χ3n) is 4.85. The zero-order valence-corrected chi connectivity index (χ0v) is 16.9. The first kappa shape index (κ1) is 21.2. The Kier molecular flexibility index (Phi) is 7.42. The fourth-order valence-corrected chi connectivity index (χ4v) is 4.36. The smallest absolute Gasteiger partial charge is 0.338 e. The topological polar surface area (TPSA) is 94.2 Å². The second kappa shape index (κ2) is 9.80. The molecule has 3 rings (SSSR count). The van der Waals surface area contributed by atoms with E-state index >= 15 is 0 Å². The van der Waals surface area contributed by atoms with E-state index in [1.54, 1.807) is 0 Å². The van der Waals surface area contributed by atoms with Gasteiger partial charge in [-0.15, -0.1) is 0 Å². The van der Waals surface area contributed by atoms with E-state index in [1.165, 1.54) is 24.3 Å². The van der Waals surface area contributed by atoms with E-state index in [0.717, 1.165) is 25.9 Å². The van der Waals surface area contributed by atoms with Crippen molar-refractivity contribution in [3.63, 3.8) is 0 Å². The van der Waals surface area contributed by atoms with E-state index < -0.39 is 16.0 Å². The van der Waals surface area contributed by atoms with E-state index in [9.17, 15) is 13.2 Å². The van der Waals surface area contributed by atoms with Gasteiger partial charge in [0.25, 0.3) is 0 Å². The molecule has 0 radical (unpaired) electrons. The van der Waals surface area contributed by atoms with E-state index in [1.807, 2.05) is 6.92 Å². The molecular weight excluding hydrogens is 384 g/mol. The van der Waals surface area contributed by atoms with Gasteiger partial charge in [0.15, 0.2) is 0 Å². The molecule has 2 heterocycles. The molecule has 2 atom stereocenters. The van der Waals surface area contributed by atoms with E-state index in [2.05, 4.69) is 9.62 Å². The van der Waals surface area contributed by atoms with Crippen molar-refractivity contribution >= 4 is 16.0 Å². The zero-order chi connectivity index (χ0) is 20.0. The summed E-state index contributed by atoms with van der Waals surface area (Å²) in [5, 5.41) is 0. The molecule has 0 saturated carbocycles. The lowest BCUT2D eigenvalue weighted by Gasteiger charge is -2.28. The molecule has 1 aromatic carbocycles. The van der Waals surface area contributed by atoms with Gasteiger partial charge >= 0.3 is 5.97 Å². The summed E-state index contributed by atoms with van der Waals surface area (Å²) in [5.74, 6) is -0.461. The maximum absolute atomic E-state index is 12.4. The average Bonchev–Trinajstić information content (AvgIpc) is 3.21. The number of hydrogen-bond donors (Lipinski definition) is 1. The van der Waals surface area contributed by atoms with Crippen LogP contribution in [-0.4, -0.2) is 77.5 Å². The molecular formula is C19H28N2O6S. The SMILES string of the molecule is C[C@H](CN1CCOCC1)OC(=O)c1ccc(S(=O)(=O)NC[C@H]2CCCO2)cc1. The molecule has 0 aliphatic carbocycles. The number of sulfonamides is 1. The van der Waals surface area contributed by atoms with Gasteiger partial charge in [0.2, 0.25) is 10.0 Å². The van der Waals surface area contributed by atoms with Gasteiger partial charge in [-0.2, -0.15) is 0 Å². The molecule has 0 bridgehead atoms. The summed E-state index contributed by atoms with van der Waals surface area (Å²) in [7, 11) is -3.63. The Morgan fingerprint density at radius 2 is 1.96 bits per heavy atom. The maximum atomic E-state index is 12.4. The minimum Gasteiger partial charge on any atom is -0.458 e. The number of carbonyl (C=O) groups is 1. The minimum absolute atomic E-state index is 0.0722. The summed E-state index contributed by atoms with van der Waals surface area (Å²) >= 11 is 0. The molecule has 9 heteroatoms. The van der Waals surface area contributed by atoms with E-state index in [-0.39, 0.29) is 23.6 Å². The highest BCUT2D eigenvalue weighted by molar-refractivity contribution is 7.89. The Morgan fingerprint density at radius 3 is 2.61 bits per heavy atom. The second-order valence-electron chi connectivity index (χ2n) is 7.14. The number of rotatable bonds is 8. The van der Waals surface area contributed by atoms with Crippen molar-refractivity contribution in [1.82, 2.24) is 9.62 Å². The number of carbonyl (C=O) groups excluding carboxylic acids is 1. The van der Waals surface area contributed by atoms with Crippen molar-refractivity contribution in [3.05, 3.63) is 29.8 Å². The Hall–Kier alpha value is -1.52. The summed E-state index contributed by atoms with van der Waals surface area (Å²) in [5.41, 5.74) is 0.326. The predicted octanol–water partition coefficient (Wildman–Crippen LogP) is 1.02. The van der Waals surface area contributed by atoms with Crippen LogP contribution in [-0.2, 0) is 24.2 Å². The highest BCUT2D eigenvalue weighted by Gasteiger charge is 2.21. The van der Waals surface area contributed by atoms with Crippen LogP contribution in [0.5, 0.6) is 0 Å². The predicted molar refractivity (Wildman–Crippen MR) is 103 cm³/mol. The molecule has 8 nitrogen and oxygen atoms in total. The molecule has 0 aromatic heterocycles. The van der Waals surface area contributed by atoms with Gasteiger partial charge < -0.3 is 14.2 Å². The van der Waals surface area contributed by atoms with Crippen molar-refractivity contribution in [2.24, 2.45) is 0 Å². The molecule has 0 spiro atoms. The first-order chi connectivity index (χ1) is 13.4. The Labute approximate surface area is 166 Å². The highest BCUT2D eigenvalue weighted by atomic mass is 32.2. The summed E-state index contributed by atoms with van der Waals surface area (Å²) in [6.07, 6.45) is 1.47. The van der Waals surface area contributed by atoms with Crippen LogP contribution in [0.1, 0.15) is 30.1 Å². The van der Waals surface area contributed by atoms with Crippen LogP contribution in [0.15, 0.2) is 29.2 Å². The van der Waals surface area contributed by atoms with E-state index in [4.69, 9.17) is 14.2 Å². The second-order valence-corrected chi connectivity index (χ2v) is 8.91. The lowest BCUT2D eigenvalue weighted by molar-refractivity contribution is 0.000439. The molecule has 1 N–H and O–H groups in total. The van der Waals surface area contributed by atoms with Crippen molar-refractivity contribution in [2.75, 3.05) is 46.0 Å². The van der Waals surface area contributed by atoms with Crippen molar-refractivity contribution in [1.29, 1.82) is 0 Å². The third kappa shape index (κ3) is 5.99. The van der Waals surface area contributed by atoms with Gasteiger partial charge in [-0.1, -0.05) is 0 Å². The summed E-state index contributed by atoms with van der Waals surface area (Å²) in [4.78, 5) is 14.6. The Bertz CT molecular complexity index is 740. The Morgan fingerprint density at radius 1 is 1.25 bits per heavy atom. The molecule has 28 heavy (non-hydrogen) atoms. The molecule has 2 aliphatic heterocycles. The molecule has 0 amide bonds. The lowest BCUT2D eigenvalue weighted by atomic mass is 10.2. The first-order valence-electron chi connectivity index (χ1n) is 9.66. The maximum Gasteiger partial charge on any atom is 0.338 e. The quantitative estimate of drug-likeness (QED) is 0.637. The lowest BCUT2D eigenvalue weighted by Crippen LogP contribution is -2.41. The number of nitrogens with one attached hydrogen (secondary N) is 1. The summed E-state index contributed by atoms with van der Waals surface area (Å²) in [6, 6.07) is 5.79. The van der Waals surface area contributed by atoms with E-state index in [0.29, 0.717) is 31.9 Å². The van der Waals surface area contributed by atoms with Crippen LogP contribution in [0.25, 0.3) is 0 Å². The summed E-state index contributed by atoms with van der Waals surface area (Å²) < 4.78 is 43.5. The van der Waals surface area contributed by atoms with Crippen LogP contribution in [0.4, 0.5) is 0 Å². The highest BCUT2D eigenvalue weighted by Crippen LogP contribution is 2.15. The van der Waals surface area contributed by atoms with Crippen LogP contribution >= 0.6 is 0 Å². The number of nitrogens with zero attached hydrogens (tertiary/aromatic N) is 1. The van der Waals surface area contributed by atoms with Crippen LogP contribution < -0.4 is 4.72 Å². The van der Waals surface area contributed by atoms with Crippen LogP contribution in [0.3, 0.4) is 0 Å². The number of hydrogen-bond acceptors (Lipinski definition) is 7. The van der Waals surface area contributed by atoms with Crippen LogP contribution in [0, 0.1) is 0 Å². The molecule has 2 aliphatic rings. The molecule has 0 unspecified atom stereocenters. The zero-order valence-electron chi connectivity index (χ0n) is 16.1. The summed E-state index contributed by atoms with van der Waals surface area (Å²) in [6.45, 7) is 6.46. The molecule has 1 aromatic rings. The van der Waals surface area contributed by atoms with Gasteiger partial charge in [-0.05, 0) is 44.0 Å². The number of ether oxygens (including phenoxy) is 3. The molecule has 2 saturated heterocycles. The standard InChI is InChI=1S/C19H28N2O6S/c1-15(14-21-8-11-25-12-9-21)27-19(22)16-4-6-18(7-5-16)28(23,24)20-13-17-3-2-10-26-17/h4-7,15,17,20H,2-3,8-14H2,1H3/t15-,17-/m1/s1. The molecule has 2 fully saturated rings. The number of esters is 1. The molecule has 156 valence electrons. The van der Waals surface area contributed by atoms with Gasteiger partial charge in [0.05, 0.1) is 29.8 Å². The fraction of sp³-hybridized carbons (Fsp3) is 0.632. The van der Waals surface area contributed by atoms with Gasteiger partial charge in [0.1, 0.15) is 6.10 Å². The number of morpholine rings is 1. The van der Waals surface area contributed by atoms with Crippen molar-refractivity contribution < 1.29 is 27.4 Å². The largest absolute Gasteiger partial charge is 0.458 e. The van der Waals surface area contributed by atoms with Crippen LogP contribution in [0.2, 0.25) is 0 Å². The van der Waals surface area contributed by atoms with Crippen molar-refractivity contribution in [2.45, 2.75) is 36.9 Å². The fourth-order valence-electron chi connectivity index (χ4n) is 3.30. The van der Waals surface area contributed by atoms with Crippen molar-refractivity contribution in [3.8, 4) is 0 Å². The van der Waals surface area contributed by atoms with Gasteiger partial charge in [-0.3, -0.25) is 4.90 Å². The number of benzene rings is 1. The monoisotopic (exact) mass is 412 g/mol. The van der Waals surface area contributed by atoms with Gasteiger partial charge in [-0.25, -0.2) is 17.9 Å². The Balaban J connectivity index is 1.51. The first-order valence-corrected chi connectivity index (χ1v) is 11.1. The minimum atomic E-state index is -3.63. The van der Waals surface area contributed by atoms with Gasteiger partial charge in [0, 0.05) is 32.8 Å². The third-order valence-corrected chi connectivity index (χ3v) is 6.29. The average molecular weight is 413 g/mol. The normalized spacial score (nSPS) is 22.1.